The molecule has 0 atom stereocenters. The van der Waals surface area contributed by atoms with Gasteiger partial charge in [-0.2, -0.15) is 0 Å². The Hall–Kier alpha value is -0.830. The summed E-state index contributed by atoms with van der Waals surface area (Å²) in [6.07, 6.45) is 4.79. The van der Waals surface area contributed by atoms with E-state index in [2.05, 4.69) is 22.9 Å². The van der Waals surface area contributed by atoms with Gasteiger partial charge in [0.25, 0.3) is 0 Å². The monoisotopic (exact) mass is 298 g/mol. The summed E-state index contributed by atoms with van der Waals surface area (Å²) in [5, 5.41) is 0. The summed E-state index contributed by atoms with van der Waals surface area (Å²) in [6, 6.07) is 5.51. The van der Waals surface area contributed by atoms with Crippen LogP contribution in [0.1, 0.15) is 49.9 Å². The van der Waals surface area contributed by atoms with Crippen molar-refractivity contribution in [2.24, 2.45) is 0 Å². The molecule has 1 aromatic rings. The normalized spacial score (nSPS) is 10.3. The minimum Gasteiger partial charge on any atom is -0.494 e. The SMILES string of the molecule is CCCCCCOc1ccc(C(C)=O)c(Br)c1. The van der Waals surface area contributed by atoms with Crippen molar-refractivity contribution in [3.63, 3.8) is 0 Å². The van der Waals surface area contributed by atoms with Crippen molar-refractivity contribution in [3.05, 3.63) is 28.2 Å². The minimum atomic E-state index is 0.0615. The first-order valence-electron chi connectivity index (χ1n) is 6.08. The van der Waals surface area contributed by atoms with Crippen molar-refractivity contribution in [2.75, 3.05) is 6.61 Å². The number of carbonyl (C=O) groups is 1. The quantitative estimate of drug-likeness (QED) is 0.543. The maximum absolute atomic E-state index is 11.2. The number of benzene rings is 1. The molecule has 1 rings (SSSR count). The van der Waals surface area contributed by atoms with Gasteiger partial charge in [-0.3, -0.25) is 4.79 Å². The van der Waals surface area contributed by atoms with E-state index in [4.69, 9.17) is 4.74 Å². The average molecular weight is 299 g/mol. The van der Waals surface area contributed by atoms with Gasteiger partial charge in [0.05, 0.1) is 6.61 Å². The molecule has 0 saturated heterocycles. The number of unbranched alkanes of at least 4 members (excludes halogenated alkanes) is 3. The zero-order valence-electron chi connectivity index (χ0n) is 10.5. The molecule has 0 saturated carbocycles. The maximum Gasteiger partial charge on any atom is 0.160 e. The third-order valence-corrected chi connectivity index (χ3v) is 3.24. The molecule has 0 aliphatic carbocycles. The van der Waals surface area contributed by atoms with Crippen LogP contribution in [0.5, 0.6) is 5.75 Å². The lowest BCUT2D eigenvalue weighted by molar-refractivity contribution is 0.101. The Bertz CT molecular complexity index is 374. The van der Waals surface area contributed by atoms with Crippen LogP contribution in [0.25, 0.3) is 0 Å². The van der Waals surface area contributed by atoms with E-state index in [0.29, 0.717) is 5.56 Å². The molecule has 0 N–H and O–H groups in total. The molecule has 0 aliphatic rings. The number of hydrogen-bond donors (Lipinski definition) is 0. The van der Waals surface area contributed by atoms with E-state index in [9.17, 15) is 4.79 Å². The lowest BCUT2D eigenvalue weighted by Gasteiger charge is -2.07. The maximum atomic E-state index is 11.2. The van der Waals surface area contributed by atoms with Gasteiger partial charge < -0.3 is 4.74 Å². The van der Waals surface area contributed by atoms with E-state index in [0.717, 1.165) is 23.2 Å². The molecule has 1 aromatic carbocycles. The lowest BCUT2D eigenvalue weighted by atomic mass is 10.1. The molecular weight excluding hydrogens is 280 g/mol. The van der Waals surface area contributed by atoms with E-state index >= 15 is 0 Å². The Morgan fingerprint density at radius 2 is 2.06 bits per heavy atom. The minimum absolute atomic E-state index is 0.0615. The first kappa shape index (κ1) is 14.2. The molecule has 0 fully saturated rings. The average Bonchev–Trinajstić information content (AvgIpc) is 2.28. The molecule has 3 heteroatoms. The predicted octanol–water partition coefficient (Wildman–Crippen LogP) is 4.61. The number of ether oxygens (including phenoxy) is 1. The first-order valence-corrected chi connectivity index (χ1v) is 6.87. The molecule has 2 nitrogen and oxygen atoms in total. The van der Waals surface area contributed by atoms with Crippen molar-refractivity contribution >= 4 is 21.7 Å². The smallest absolute Gasteiger partial charge is 0.160 e. The Labute approximate surface area is 111 Å². The summed E-state index contributed by atoms with van der Waals surface area (Å²) in [4.78, 5) is 11.2. The molecule has 0 unspecified atom stereocenters. The van der Waals surface area contributed by atoms with Crippen LogP contribution in [0.2, 0.25) is 0 Å². The van der Waals surface area contributed by atoms with E-state index in [1.54, 1.807) is 13.0 Å². The van der Waals surface area contributed by atoms with Gasteiger partial charge in [-0.15, -0.1) is 0 Å². The summed E-state index contributed by atoms with van der Waals surface area (Å²) in [5.41, 5.74) is 0.698. The van der Waals surface area contributed by atoms with Crippen molar-refractivity contribution in [3.8, 4) is 5.75 Å². The Morgan fingerprint density at radius 3 is 2.65 bits per heavy atom. The topological polar surface area (TPSA) is 26.3 Å². The van der Waals surface area contributed by atoms with Gasteiger partial charge in [-0.05, 0) is 47.5 Å². The summed E-state index contributed by atoms with van der Waals surface area (Å²) in [6.45, 7) is 4.50. The zero-order chi connectivity index (χ0) is 12.7. The fourth-order valence-electron chi connectivity index (χ4n) is 1.59. The lowest BCUT2D eigenvalue weighted by Crippen LogP contribution is -1.99. The van der Waals surface area contributed by atoms with Crippen LogP contribution in [0, 0.1) is 0 Å². The number of halogens is 1. The van der Waals surface area contributed by atoms with Crippen LogP contribution >= 0.6 is 15.9 Å². The molecule has 0 radical (unpaired) electrons. The number of ketones is 1. The predicted molar refractivity (Wildman–Crippen MR) is 73.8 cm³/mol. The molecule has 0 aromatic heterocycles. The van der Waals surface area contributed by atoms with Crippen molar-refractivity contribution < 1.29 is 9.53 Å². The van der Waals surface area contributed by atoms with Crippen molar-refractivity contribution in [2.45, 2.75) is 39.5 Å². The van der Waals surface area contributed by atoms with Gasteiger partial charge in [0.15, 0.2) is 5.78 Å². The number of rotatable bonds is 7. The third-order valence-electron chi connectivity index (χ3n) is 2.59. The molecule has 0 spiro atoms. The van der Waals surface area contributed by atoms with Crippen molar-refractivity contribution in [1.82, 2.24) is 0 Å². The molecule has 0 aliphatic heterocycles. The summed E-state index contributed by atoms with van der Waals surface area (Å²) >= 11 is 3.38. The summed E-state index contributed by atoms with van der Waals surface area (Å²) in [5.74, 6) is 0.879. The molecule has 94 valence electrons. The highest BCUT2D eigenvalue weighted by Crippen LogP contribution is 2.23. The third kappa shape index (κ3) is 4.90. The fourth-order valence-corrected chi connectivity index (χ4v) is 2.23. The van der Waals surface area contributed by atoms with Gasteiger partial charge in [0.2, 0.25) is 0 Å². The van der Waals surface area contributed by atoms with E-state index < -0.39 is 0 Å². The second-order valence-corrected chi connectivity index (χ2v) is 4.96. The standard InChI is InChI=1S/C14H19BrO2/c1-3-4-5-6-9-17-12-7-8-13(11(2)16)14(15)10-12/h7-8,10H,3-6,9H2,1-2H3. The zero-order valence-corrected chi connectivity index (χ0v) is 12.0. The van der Waals surface area contributed by atoms with Crippen LogP contribution in [0.4, 0.5) is 0 Å². The van der Waals surface area contributed by atoms with E-state index in [-0.39, 0.29) is 5.78 Å². The fraction of sp³-hybridized carbons (Fsp3) is 0.500. The molecule has 17 heavy (non-hydrogen) atoms. The van der Waals surface area contributed by atoms with Gasteiger partial charge in [0, 0.05) is 10.0 Å². The Kier molecular flexibility index (Phi) is 6.27. The summed E-state index contributed by atoms with van der Waals surface area (Å²) in [7, 11) is 0. The molecule has 0 bridgehead atoms. The van der Waals surface area contributed by atoms with Crippen LogP contribution in [0.3, 0.4) is 0 Å². The Morgan fingerprint density at radius 1 is 1.29 bits per heavy atom. The second-order valence-electron chi connectivity index (χ2n) is 4.11. The van der Waals surface area contributed by atoms with Crippen molar-refractivity contribution in [1.29, 1.82) is 0 Å². The number of carbonyl (C=O) groups excluding carboxylic acids is 1. The molecule has 0 heterocycles. The van der Waals surface area contributed by atoms with E-state index in [1.165, 1.54) is 19.3 Å². The first-order chi connectivity index (χ1) is 8.15. The van der Waals surface area contributed by atoms with Gasteiger partial charge in [0.1, 0.15) is 5.75 Å². The van der Waals surface area contributed by atoms with Crippen LogP contribution in [-0.4, -0.2) is 12.4 Å². The van der Waals surface area contributed by atoms with Gasteiger partial charge >= 0.3 is 0 Å². The Balaban J connectivity index is 2.45. The highest BCUT2D eigenvalue weighted by Gasteiger charge is 2.06. The highest BCUT2D eigenvalue weighted by atomic mass is 79.9. The summed E-state index contributed by atoms with van der Waals surface area (Å²) < 4.78 is 6.43. The van der Waals surface area contributed by atoms with E-state index in [1.807, 2.05) is 12.1 Å². The molecular formula is C14H19BrO2. The molecule has 0 amide bonds. The highest BCUT2D eigenvalue weighted by molar-refractivity contribution is 9.10. The van der Waals surface area contributed by atoms with Crippen LogP contribution < -0.4 is 4.74 Å². The van der Waals surface area contributed by atoms with Crippen LogP contribution in [-0.2, 0) is 0 Å². The van der Waals surface area contributed by atoms with Gasteiger partial charge in [-0.1, -0.05) is 26.2 Å². The largest absolute Gasteiger partial charge is 0.494 e. The number of hydrogen-bond acceptors (Lipinski definition) is 2. The van der Waals surface area contributed by atoms with Crippen LogP contribution in [0.15, 0.2) is 22.7 Å². The second kappa shape index (κ2) is 7.49. The van der Waals surface area contributed by atoms with Gasteiger partial charge in [-0.25, -0.2) is 0 Å². The number of Topliss-reactive ketones (excluding diaryl/α,β-unsaturated/α-hetero) is 1.